The second-order valence-corrected chi connectivity index (χ2v) is 4.23. The molecular weight excluding hydrogens is 224 g/mol. The molecule has 0 aliphatic carbocycles. The SMILES string of the molecule is CCCCOC(=O)[C@@H]1C[C@H](OC(C)=O)[C@@H](C)O1. The van der Waals surface area contributed by atoms with Gasteiger partial charge in [-0.3, -0.25) is 4.79 Å². The molecule has 5 heteroatoms. The molecule has 0 amide bonds. The summed E-state index contributed by atoms with van der Waals surface area (Å²) in [7, 11) is 0. The van der Waals surface area contributed by atoms with E-state index in [1.54, 1.807) is 6.92 Å². The normalized spacial score (nSPS) is 27.8. The Labute approximate surface area is 101 Å². The zero-order valence-electron chi connectivity index (χ0n) is 10.6. The monoisotopic (exact) mass is 244 g/mol. The lowest BCUT2D eigenvalue weighted by atomic mass is 10.1. The van der Waals surface area contributed by atoms with Crippen LogP contribution in [0.5, 0.6) is 0 Å². The summed E-state index contributed by atoms with van der Waals surface area (Å²) < 4.78 is 15.5. The minimum absolute atomic E-state index is 0.261. The molecule has 1 aliphatic rings. The Bertz CT molecular complexity index is 276. The molecule has 0 aromatic carbocycles. The van der Waals surface area contributed by atoms with Crippen LogP contribution in [0.4, 0.5) is 0 Å². The number of rotatable bonds is 5. The van der Waals surface area contributed by atoms with Gasteiger partial charge in [0.2, 0.25) is 0 Å². The molecule has 1 fully saturated rings. The number of hydrogen-bond donors (Lipinski definition) is 0. The zero-order chi connectivity index (χ0) is 12.8. The molecule has 0 spiro atoms. The van der Waals surface area contributed by atoms with E-state index in [0.29, 0.717) is 13.0 Å². The molecule has 0 unspecified atom stereocenters. The highest BCUT2D eigenvalue weighted by atomic mass is 16.6. The van der Waals surface area contributed by atoms with Gasteiger partial charge in [0.15, 0.2) is 6.10 Å². The van der Waals surface area contributed by atoms with Gasteiger partial charge >= 0.3 is 11.9 Å². The highest BCUT2D eigenvalue weighted by molar-refractivity contribution is 5.75. The molecule has 0 aromatic heterocycles. The maximum Gasteiger partial charge on any atom is 0.335 e. The van der Waals surface area contributed by atoms with Crippen LogP contribution < -0.4 is 0 Å². The number of ether oxygens (including phenoxy) is 3. The van der Waals surface area contributed by atoms with Gasteiger partial charge in [0, 0.05) is 13.3 Å². The summed E-state index contributed by atoms with van der Waals surface area (Å²) in [4.78, 5) is 22.4. The Balaban J connectivity index is 2.36. The van der Waals surface area contributed by atoms with Crippen molar-refractivity contribution >= 4 is 11.9 Å². The lowest BCUT2D eigenvalue weighted by Gasteiger charge is -2.12. The summed E-state index contributed by atoms with van der Waals surface area (Å²) in [6.45, 7) is 5.58. The summed E-state index contributed by atoms with van der Waals surface area (Å²) in [5.74, 6) is -0.717. The fraction of sp³-hybridized carbons (Fsp3) is 0.833. The van der Waals surface area contributed by atoms with Gasteiger partial charge in [-0.15, -0.1) is 0 Å². The van der Waals surface area contributed by atoms with Gasteiger partial charge in [-0.2, -0.15) is 0 Å². The van der Waals surface area contributed by atoms with Crippen LogP contribution in [-0.2, 0) is 23.8 Å². The average Bonchev–Trinajstić information content (AvgIpc) is 2.60. The van der Waals surface area contributed by atoms with Gasteiger partial charge in [-0.25, -0.2) is 4.79 Å². The zero-order valence-corrected chi connectivity index (χ0v) is 10.6. The van der Waals surface area contributed by atoms with Gasteiger partial charge in [-0.1, -0.05) is 13.3 Å². The van der Waals surface area contributed by atoms with Gasteiger partial charge in [0.1, 0.15) is 6.10 Å². The third-order valence-electron chi connectivity index (χ3n) is 2.67. The van der Waals surface area contributed by atoms with Gasteiger partial charge in [0.25, 0.3) is 0 Å². The van der Waals surface area contributed by atoms with Crippen LogP contribution in [0.15, 0.2) is 0 Å². The van der Waals surface area contributed by atoms with Crippen LogP contribution in [0.25, 0.3) is 0 Å². The van der Waals surface area contributed by atoms with E-state index in [9.17, 15) is 9.59 Å². The summed E-state index contributed by atoms with van der Waals surface area (Å²) >= 11 is 0. The van der Waals surface area contributed by atoms with Crippen LogP contribution in [0.3, 0.4) is 0 Å². The smallest absolute Gasteiger partial charge is 0.335 e. The first-order valence-corrected chi connectivity index (χ1v) is 6.04. The van der Waals surface area contributed by atoms with E-state index in [2.05, 4.69) is 0 Å². The quantitative estimate of drug-likeness (QED) is 0.541. The van der Waals surface area contributed by atoms with Gasteiger partial charge < -0.3 is 14.2 Å². The van der Waals surface area contributed by atoms with E-state index in [0.717, 1.165) is 12.8 Å². The minimum Gasteiger partial charge on any atom is -0.464 e. The van der Waals surface area contributed by atoms with Crippen LogP contribution in [0, 0.1) is 0 Å². The van der Waals surface area contributed by atoms with Crippen molar-refractivity contribution < 1.29 is 23.8 Å². The molecule has 0 saturated carbocycles. The number of carbonyl (C=O) groups excluding carboxylic acids is 2. The summed E-state index contributed by atoms with van der Waals surface area (Å²) in [6, 6.07) is 0. The summed E-state index contributed by atoms with van der Waals surface area (Å²) in [5, 5.41) is 0. The lowest BCUT2D eigenvalue weighted by molar-refractivity contribution is -0.156. The number of esters is 2. The molecule has 3 atom stereocenters. The van der Waals surface area contributed by atoms with Crippen molar-refractivity contribution in [3.05, 3.63) is 0 Å². The topological polar surface area (TPSA) is 61.8 Å². The van der Waals surface area contributed by atoms with Crippen molar-refractivity contribution in [1.82, 2.24) is 0 Å². The first-order valence-electron chi connectivity index (χ1n) is 6.04. The highest BCUT2D eigenvalue weighted by Gasteiger charge is 2.39. The van der Waals surface area contributed by atoms with Crippen molar-refractivity contribution in [3.63, 3.8) is 0 Å². The standard InChI is InChI=1S/C12H20O5/c1-4-5-6-15-12(14)11-7-10(8(2)16-11)17-9(3)13/h8,10-11H,4-7H2,1-3H3/t8-,10+,11+/m1/s1. The largest absolute Gasteiger partial charge is 0.464 e. The maximum absolute atomic E-state index is 11.6. The molecule has 98 valence electrons. The third-order valence-corrected chi connectivity index (χ3v) is 2.67. The maximum atomic E-state index is 11.6. The van der Waals surface area contributed by atoms with Crippen LogP contribution in [0.2, 0.25) is 0 Å². The Kier molecular flexibility index (Phi) is 5.41. The number of carbonyl (C=O) groups is 2. The molecule has 0 radical (unpaired) electrons. The Morgan fingerprint density at radius 2 is 2.12 bits per heavy atom. The molecule has 1 aliphatic heterocycles. The average molecular weight is 244 g/mol. The Morgan fingerprint density at radius 1 is 1.41 bits per heavy atom. The predicted molar refractivity (Wildman–Crippen MR) is 60.4 cm³/mol. The minimum atomic E-state index is -0.605. The van der Waals surface area contributed by atoms with Crippen molar-refractivity contribution in [1.29, 1.82) is 0 Å². The van der Waals surface area contributed by atoms with E-state index in [4.69, 9.17) is 14.2 Å². The molecule has 1 saturated heterocycles. The molecule has 0 N–H and O–H groups in total. The second kappa shape index (κ2) is 6.59. The second-order valence-electron chi connectivity index (χ2n) is 4.23. The molecule has 1 rings (SSSR count). The molecular formula is C12H20O5. The van der Waals surface area contributed by atoms with Crippen molar-refractivity contribution in [3.8, 4) is 0 Å². The Hall–Kier alpha value is -1.10. The summed E-state index contributed by atoms with van der Waals surface area (Å²) in [5.41, 5.74) is 0. The van der Waals surface area contributed by atoms with E-state index < -0.39 is 6.10 Å². The molecule has 17 heavy (non-hydrogen) atoms. The van der Waals surface area contributed by atoms with Crippen LogP contribution in [0.1, 0.15) is 40.0 Å². The first-order chi connectivity index (χ1) is 8.04. The van der Waals surface area contributed by atoms with E-state index in [1.165, 1.54) is 6.92 Å². The van der Waals surface area contributed by atoms with E-state index in [-0.39, 0.29) is 24.1 Å². The van der Waals surface area contributed by atoms with Crippen molar-refractivity contribution in [2.45, 2.75) is 58.3 Å². The fourth-order valence-electron chi connectivity index (χ4n) is 1.72. The number of hydrogen-bond acceptors (Lipinski definition) is 5. The number of unbranched alkanes of at least 4 members (excludes halogenated alkanes) is 1. The molecule has 1 heterocycles. The van der Waals surface area contributed by atoms with Gasteiger partial charge in [0.05, 0.1) is 12.7 Å². The predicted octanol–water partition coefficient (Wildman–Crippen LogP) is 1.44. The van der Waals surface area contributed by atoms with E-state index >= 15 is 0 Å². The van der Waals surface area contributed by atoms with Crippen LogP contribution >= 0.6 is 0 Å². The third kappa shape index (κ3) is 4.34. The highest BCUT2D eigenvalue weighted by Crippen LogP contribution is 2.24. The fourth-order valence-corrected chi connectivity index (χ4v) is 1.72. The lowest BCUT2D eigenvalue weighted by Crippen LogP contribution is -2.24. The van der Waals surface area contributed by atoms with Gasteiger partial charge in [-0.05, 0) is 13.3 Å². The Morgan fingerprint density at radius 3 is 2.71 bits per heavy atom. The molecule has 5 nitrogen and oxygen atoms in total. The van der Waals surface area contributed by atoms with Crippen molar-refractivity contribution in [2.24, 2.45) is 0 Å². The van der Waals surface area contributed by atoms with Crippen molar-refractivity contribution in [2.75, 3.05) is 6.61 Å². The molecule has 0 bridgehead atoms. The van der Waals surface area contributed by atoms with Crippen LogP contribution in [-0.4, -0.2) is 36.9 Å². The first kappa shape index (κ1) is 14.0. The van der Waals surface area contributed by atoms with E-state index in [1.807, 2.05) is 6.92 Å². The molecule has 0 aromatic rings. The summed E-state index contributed by atoms with van der Waals surface area (Å²) in [6.07, 6.45) is 0.989.